The van der Waals surface area contributed by atoms with E-state index in [9.17, 15) is 0 Å². The molecule has 0 bridgehead atoms. The number of hydrogen-bond acceptors (Lipinski definition) is 3. The minimum Gasteiger partial charge on any atom is -0.428 e. The van der Waals surface area contributed by atoms with E-state index >= 15 is 0 Å². The summed E-state index contributed by atoms with van der Waals surface area (Å²) in [4.78, 5) is 4.18. The summed E-state index contributed by atoms with van der Waals surface area (Å²) in [6.07, 6.45) is 0.784. The number of aryl methyl sites for hydroxylation is 1. The van der Waals surface area contributed by atoms with Gasteiger partial charge in [0.15, 0.2) is 0 Å². The molecule has 1 aromatic carbocycles. The van der Waals surface area contributed by atoms with Crippen molar-refractivity contribution >= 4 is 21.9 Å². The molecular formula is C11H11BrN2O. The van der Waals surface area contributed by atoms with Crippen molar-refractivity contribution in [2.75, 3.05) is 5.73 Å². The topological polar surface area (TPSA) is 52.0 Å². The molecule has 3 nitrogen and oxygen atoms in total. The number of aromatic nitrogens is 1. The van der Waals surface area contributed by atoms with E-state index in [2.05, 4.69) is 20.9 Å². The zero-order valence-corrected chi connectivity index (χ0v) is 9.91. The first kappa shape index (κ1) is 10.2. The van der Waals surface area contributed by atoms with Crippen LogP contribution in [0.3, 0.4) is 0 Å². The van der Waals surface area contributed by atoms with Gasteiger partial charge in [-0.05, 0) is 12.1 Å². The van der Waals surface area contributed by atoms with Crippen LogP contribution in [0, 0.1) is 0 Å². The third kappa shape index (κ3) is 2.04. The van der Waals surface area contributed by atoms with E-state index in [1.54, 1.807) is 0 Å². The van der Waals surface area contributed by atoms with Crippen molar-refractivity contribution in [3.8, 4) is 11.3 Å². The van der Waals surface area contributed by atoms with E-state index < -0.39 is 0 Å². The molecule has 15 heavy (non-hydrogen) atoms. The zero-order valence-electron chi connectivity index (χ0n) is 8.33. The molecule has 1 aromatic heterocycles. The van der Waals surface area contributed by atoms with Gasteiger partial charge in [-0.3, -0.25) is 0 Å². The zero-order chi connectivity index (χ0) is 10.8. The van der Waals surface area contributed by atoms with E-state index in [0.717, 1.165) is 27.9 Å². The van der Waals surface area contributed by atoms with E-state index in [1.165, 1.54) is 0 Å². The van der Waals surface area contributed by atoms with Gasteiger partial charge in [0.1, 0.15) is 11.5 Å². The van der Waals surface area contributed by atoms with Crippen molar-refractivity contribution < 1.29 is 4.42 Å². The van der Waals surface area contributed by atoms with Gasteiger partial charge in [0.05, 0.1) is 0 Å². The second kappa shape index (κ2) is 4.06. The highest BCUT2D eigenvalue weighted by atomic mass is 79.9. The Balaban J connectivity index is 2.53. The number of anilines is 1. The summed E-state index contributed by atoms with van der Waals surface area (Å²) in [6.45, 7) is 2.02. The lowest BCUT2D eigenvalue weighted by Crippen LogP contribution is -1.85. The largest absolute Gasteiger partial charge is 0.428 e. The van der Waals surface area contributed by atoms with Crippen LogP contribution in [0.5, 0.6) is 0 Å². The number of hydrogen-bond donors (Lipinski definition) is 1. The summed E-state index contributed by atoms with van der Waals surface area (Å²) >= 11 is 3.42. The molecule has 2 rings (SSSR count). The van der Waals surface area contributed by atoms with Gasteiger partial charge in [0.25, 0.3) is 6.01 Å². The van der Waals surface area contributed by atoms with Gasteiger partial charge < -0.3 is 10.2 Å². The molecule has 0 aliphatic carbocycles. The summed E-state index contributed by atoms with van der Waals surface area (Å²) in [5, 5.41) is 0. The quantitative estimate of drug-likeness (QED) is 0.908. The number of rotatable bonds is 2. The molecule has 0 radical (unpaired) electrons. The first-order chi connectivity index (χ1) is 7.20. The first-order valence-corrected chi connectivity index (χ1v) is 5.51. The minimum atomic E-state index is 0.224. The van der Waals surface area contributed by atoms with Crippen LogP contribution in [0.2, 0.25) is 0 Å². The smallest absolute Gasteiger partial charge is 0.292 e. The normalized spacial score (nSPS) is 10.5. The lowest BCUT2D eigenvalue weighted by atomic mass is 10.1. The van der Waals surface area contributed by atoms with Crippen molar-refractivity contribution in [2.24, 2.45) is 0 Å². The van der Waals surface area contributed by atoms with Crippen molar-refractivity contribution in [3.63, 3.8) is 0 Å². The molecule has 0 amide bonds. The van der Waals surface area contributed by atoms with Crippen molar-refractivity contribution in [3.05, 3.63) is 34.5 Å². The lowest BCUT2D eigenvalue weighted by molar-refractivity contribution is 0.530. The Morgan fingerprint density at radius 3 is 2.93 bits per heavy atom. The Labute approximate surface area is 96.4 Å². The fraction of sp³-hybridized carbons (Fsp3) is 0.182. The van der Waals surface area contributed by atoms with Crippen molar-refractivity contribution in [2.45, 2.75) is 13.3 Å². The number of halogens is 1. The predicted molar refractivity (Wildman–Crippen MR) is 63.4 cm³/mol. The number of benzene rings is 1. The SMILES string of the molecule is CCc1oc(N)nc1-c1cccc(Br)c1. The van der Waals surface area contributed by atoms with E-state index in [0.29, 0.717) is 0 Å². The van der Waals surface area contributed by atoms with Crippen LogP contribution < -0.4 is 5.73 Å². The summed E-state index contributed by atoms with van der Waals surface area (Å²) < 4.78 is 6.33. The molecule has 0 atom stereocenters. The maximum atomic E-state index is 5.54. The molecule has 2 N–H and O–H groups in total. The molecule has 0 spiro atoms. The van der Waals surface area contributed by atoms with Gasteiger partial charge in [-0.2, -0.15) is 4.98 Å². The van der Waals surface area contributed by atoms with Crippen molar-refractivity contribution in [1.82, 2.24) is 4.98 Å². The fourth-order valence-electron chi connectivity index (χ4n) is 1.47. The number of oxazole rings is 1. The average Bonchev–Trinajstić information content (AvgIpc) is 2.59. The predicted octanol–water partition coefficient (Wildman–Crippen LogP) is 3.25. The maximum Gasteiger partial charge on any atom is 0.292 e. The Bertz CT molecular complexity index is 479. The van der Waals surface area contributed by atoms with Gasteiger partial charge in [-0.15, -0.1) is 0 Å². The Morgan fingerprint density at radius 1 is 1.47 bits per heavy atom. The van der Waals surface area contributed by atoms with Gasteiger partial charge >= 0.3 is 0 Å². The highest BCUT2D eigenvalue weighted by molar-refractivity contribution is 9.10. The third-order valence-corrected chi connectivity index (χ3v) is 2.63. The highest BCUT2D eigenvalue weighted by Crippen LogP contribution is 2.27. The summed E-state index contributed by atoms with van der Waals surface area (Å²) in [5.74, 6) is 0.825. The number of nitrogen functional groups attached to an aromatic ring is 1. The second-order valence-electron chi connectivity index (χ2n) is 3.19. The Kier molecular flexibility index (Phi) is 2.77. The fourth-order valence-corrected chi connectivity index (χ4v) is 1.87. The molecule has 2 aromatic rings. The molecule has 0 saturated carbocycles. The summed E-state index contributed by atoms with van der Waals surface area (Å²) in [7, 11) is 0. The van der Waals surface area contributed by atoms with Crippen LogP contribution >= 0.6 is 15.9 Å². The van der Waals surface area contributed by atoms with Crippen molar-refractivity contribution in [1.29, 1.82) is 0 Å². The van der Waals surface area contributed by atoms with E-state index in [1.807, 2.05) is 31.2 Å². The number of nitrogens with two attached hydrogens (primary N) is 1. The van der Waals surface area contributed by atoms with Crippen LogP contribution in [0.15, 0.2) is 33.2 Å². The standard InChI is InChI=1S/C11H11BrN2O/c1-2-9-10(14-11(13)15-9)7-4-3-5-8(12)6-7/h3-6H,2H2,1H3,(H2,13,14). The molecule has 0 aliphatic heterocycles. The van der Waals surface area contributed by atoms with Gasteiger partial charge in [-0.1, -0.05) is 35.0 Å². The first-order valence-electron chi connectivity index (χ1n) is 4.72. The minimum absolute atomic E-state index is 0.224. The molecule has 78 valence electrons. The van der Waals surface area contributed by atoms with Crippen LogP contribution in [-0.4, -0.2) is 4.98 Å². The van der Waals surface area contributed by atoms with Gasteiger partial charge in [0, 0.05) is 16.5 Å². The molecule has 0 fully saturated rings. The Morgan fingerprint density at radius 2 is 2.27 bits per heavy atom. The van der Waals surface area contributed by atoms with E-state index in [4.69, 9.17) is 10.2 Å². The van der Waals surface area contributed by atoms with Crippen LogP contribution in [0.1, 0.15) is 12.7 Å². The third-order valence-electron chi connectivity index (χ3n) is 2.13. The lowest BCUT2D eigenvalue weighted by Gasteiger charge is -1.98. The van der Waals surface area contributed by atoms with Crippen LogP contribution in [0.4, 0.5) is 6.01 Å². The van der Waals surface area contributed by atoms with Gasteiger partial charge in [0.2, 0.25) is 0 Å². The van der Waals surface area contributed by atoms with Crippen LogP contribution in [0.25, 0.3) is 11.3 Å². The molecular weight excluding hydrogens is 256 g/mol. The maximum absolute atomic E-state index is 5.54. The number of nitrogens with zero attached hydrogens (tertiary/aromatic N) is 1. The summed E-state index contributed by atoms with van der Waals surface area (Å²) in [6, 6.07) is 8.14. The molecule has 0 unspecified atom stereocenters. The average molecular weight is 267 g/mol. The monoisotopic (exact) mass is 266 g/mol. The van der Waals surface area contributed by atoms with E-state index in [-0.39, 0.29) is 6.01 Å². The molecule has 0 saturated heterocycles. The second-order valence-corrected chi connectivity index (χ2v) is 4.10. The van der Waals surface area contributed by atoms with Crippen LogP contribution in [-0.2, 0) is 6.42 Å². The molecule has 0 aliphatic rings. The van der Waals surface area contributed by atoms with Gasteiger partial charge in [-0.25, -0.2) is 0 Å². The summed E-state index contributed by atoms with van der Waals surface area (Å²) in [5.41, 5.74) is 7.39. The Hall–Kier alpha value is -1.29. The molecule has 4 heteroatoms. The molecule has 1 heterocycles. The highest BCUT2D eigenvalue weighted by Gasteiger charge is 2.11.